The van der Waals surface area contributed by atoms with Crippen LogP contribution in [0.25, 0.3) is 0 Å². The third-order valence-electron chi connectivity index (χ3n) is 4.95. The monoisotopic (exact) mass is 456 g/mol. The molecule has 2 aromatic rings. The minimum absolute atomic E-state index is 0.330. The summed E-state index contributed by atoms with van der Waals surface area (Å²) in [4.78, 5) is 48.9. The van der Waals surface area contributed by atoms with Gasteiger partial charge in [0.05, 0.1) is 23.0 Å². The van der Waals surface area contributed by atoms with Crippen molar-refractivity contribution in [1.82, 2.24) is 0 Å². The molecule has 0 saturated heterocycles. The van der Waals surface area contributed by atoms with Crippen molar-refractivity contribution < 1.29 is 38.1 Å². The lowest BCUT2D eigenvalue weighted by Crippen LogP contribution is -2.32. The van der Waals surface area contributed by atoms with E-state index in [0.717, 1.165) is 6.42 Å². The Morgan fingerprint density at radius 2 is 1.15 bits per heavy atom. The molecule has 0 aliphatic carbocycles. The van der Waals surface area contributed by atoms with Crippen LogP contribution < -0.4 is 0 Å². The van der Waals surface area contributed by atoms with Crippen molar-refractivity contribution in [3.63, 3.8) is 0 Å². The van der Waals surface area contributed by atoms with Crippen molar-refractivity contribution in [1.29, 1.82) is 0 Å². The van der Waals surface area contributed by atoms with E-state index in [1.54, 1.807) is 67.6 Å². The summed E-state index contributed by atoms with van der Waals surface area (Å²) in [5, 5.41) is 0. The first-order valence-corrected chi connectivity index (χ1v) is 10.7. The van der Waals surface area contributed by atoms with Crippen LogP contribution in [0.5, 0.6) is 0 Å². The standard InChI is InChI=1S/C25H28O8/c1-3-4-15-21(25(29)33-17-32-24(28)20-13-9-6-10-14-20)18(2)22(26)30-16-31-23(27)19-11-7-5-8-12-19/h5-14,18,21H,3-4,15-17H2,1-2H3. The highest BCUT2D eigenvalue weighted by atomic mass is 16.7. The number of benzene rings is 2. The molecule has 2 rings (SSSR count). The second-order valence-corrected chi connectivity index (χ2v) is 7.30. The number of ether oxygens (including phenoxy) is 4. The fourth-order valence-electron chi connectivity index (χ4n) is 3.00. The molecule has 0 radical (unpaired) electrons. The minimum Gasteiger partial charge on any atom is -0.428 e. The van der Waals surface area contributed by atoms with E-state index >= 15 is 0 Å². The normalized spacial score (nSPS) is 12.2. The van der Waals surface area contributed by atoms with Crippen molar-refractivity contribution in [2.45, 2.75) is 33.1 Å². The van der Waals surface area contributed by atoms with Gasteiger partial charge in [-0.25, -0.2) is 9.59 Å². The van der Waals surface area contributed by atoms with Crippen LogP contribution in [0.4, 0.5) is 0 Å². The average Bonchev–Trinajstić information content (AvgIpc) is 2.84. The van der Waals surface area contributed by atoms with E-state index in [1.807, 2.05) is 6.92 Å². The van der Waals surface area contributed by atoms with Gasteiger partial charge in [-0.05, 0) is 30.7 Å². The van der Waals surface area contributed by atoms with Gasteiger partial charge in [0.25, 0.3) is 0 Å². The first kappa shape index (κ1) is 25.6. The third kappa shape index (κ3) is 8.40. The Hall–Kier alpha value is -3.68. The van der Waals surface area contributed by atoms with Crippen molar-refractivity contribution >= 4 is 23.9 Å². The summed E-state index contributed by atoms with van der Waals surface area (Å²) >= 11 is 0. The topological polar surface area (TPSA) is 105 Å². The molecular weight excluding hydrogens is 428 g/mol. The van der Waals surface area contributed by atoms with E-state index in [4.69, 9.17) is 18.9 Å². The Morgan fingerprint density at radius 3 is 1.61 bits per heavy atom. The van der Waals surface area contributed by atoms with Gasteiger partial charge in [0, 0.05) is 0 Å². The van der Waals surface area contributed by atoms with E-state index in [2.05, 4.69) is 0 Å². The predicted octanol–water partition coefficient (Wildman–Crippen LogP) is 4.14. The summed E-state index contributed by atoms with van der Waals surface area (Å²) in [5.74, 6) is -4.26. The van der Waals surface area contributed by atoms with E-state index in [0.29, 0.717) is 24.0 Å². The fourth-order valence-corrected chi connectivity index (χ4v) is 3.00. The third-order valence-corrected chi connectivity index (χ3v) is 4.95. The molecule has 8 heteroatoms. The molecule has 0 saturated carbocycles. The molecule has 0 spiro atoms. The number of rotatable bonds is 12. The summed E-state index contributed by atoms with van der Waals surface area (Å²) in [5.41, 5.74) is 0.661. The zero-order valence-corrected chi connectivity index (χ0v) is 18.7. The zero-order valence-electron chi connectivity index (χ0n) is 18.7. The van der Waals surface area contributed by atoms with Gasteiger partial charge in [0.15, 0.2) is 0 Å². The highest BCUT2D eigenvalue weighted by Gasteiger charge is 2.32. The molecular formula is C25H28O8. The summed E-state index contributed by atoms with van der Waals surface area (Å²) in [6.07, 6.45) is 1.88. The molecule has 176 valence electrons. The number of unbranched alkanes of at least 4 members (excludes halogenated alkanes) is 1. The molecule has 2 aromatic carbocycles. The SMILES string of the molecule is CCCCC(C(=O)OCOC(=O)c1ccccc1)C(C)C(=O)OCOC(=O)c1ccccc1. The molecule has 2 unspecified atom stereocenters. The maximum atomic E-state index is 12.6. The van der Waals surface area contributed by atoms with Gasteiger partial charge in [-0.3, -0.25) is 9.59 Å². The minimum atomic E-state index is -0.843. The van der Waals surface area contributed by atoms with Gasteiger partial charge >= 0.3 is 23.9 Å². The van der Waals surface area contributed by atoms with Gasteiger partial charge in [-0.2, -0.15) is 0 Å². The molecule has 33 heavy (non-hydrogen) atoms. The molecule has 8 nitrogen and oxygen atoms in total. The lowest BCUT2D eigenvalue weighted by Gasteiger charge is -2.21. The predicted molar refractivity (Wildman–Crippen MR) is 118 cm³/mol. The van der Waals surface area contributed by atoms with Crippen LogP contribution in [0.15, 0.2) is 60.7 Å². The second kappa shape index (κ2) is 13.7. The molecule has 2 atom stereocenters. The number of carbonyl (C=O) groups excluding carboxylic acids is 4. The van der Waals surface area contributed by atoms with Crippen LogP contribution >= 0.6 is 0 Å². The number of hydrogen-bond acceptors (Lipinski definition) is 8. The van der Waals surface area contributed by atoms with Crippen LogP contribution in [0.1, 0.15) is 53.8 Å². The summed E-state index contributed by atoms with van der Waals surface area (Å²) in [6.45, 7) is 2.36. The van der Waals surface area contributed by atoms with Gasteiger partial charge in [0.1, 0.15) is 0 Å². The zero-order chi connectivity index (χ0) is 24.1. The van der Waals surface area contributed by atoms with Gasteiger partial charge < -0.3 is 18.9 Å². The van der Waals surface area contributed by atoms with E-state index in [-0.39, 0.29) is 0 Å². The lowest BCUT2D eigenvalue weighted by molar-refractivity contribution is -0.169. The first-order valence-electron chi connectivity index (χ1n) is 10.7. The molecule has 0 bridgehead atoms. The van der Waals surface area contributed by atoms with Crippen molar-refractivity contribution in [2.75, 3.05) is 13.6 Å². The van der Waals surface area contributed by atoms with Crippen molar-refractivity contribution in [3.8, 4) is 0 Å². The quantitative estimate of drug-likeness (QED) is 0.347. The van der Waals surface area contributed by atoms with E-state index in [1.165, 1.54) is 0 Å². The molecule has 0 aliphatic heterocycles. The molecule has 0 aliphatic rings. The Balaban J connectivity index is 1.84. The number of hydrogen-bond donors (Lipinski definition) is 0. The van der Waals surface area contributed by atoms with Crippen molar-refractivity contribution in [2.24, 2.45) is 11.8 Å². The Labute approximate surface area is 192 Å². The number of carbonyl (C=O) groups is 4. The van der Waals surface area contributed by atoms with Crippen molar-refractivity contribution in [3.05, 3.63) is 71.8 Å². The van der Waals surface area contributed by atoms with E-state index < -0.39 is 49.3 Å². The van der Waals surface area contributed by atoms with Crippen LogP contribution in [-0.4, -0.2) is 37.5 Å². The molecule has 0 heterocycles. The second-order valence-electron chi connectivity index (χ2n) is 7.30. The summed E-state index contributed by atoms with van der Waals surface area (Å²) in [7, 11) is 0. The largest absolute Gasteiger partial charge is 0.428 e. The van der Waals surface area contributed by atoms with Crippen LogP contribution in [0, 0.1) is 11.8 Å². The molecule has 0 N–H and O–H groups in total. The summed E-state index contributed by atoms with van der Waals surface area (Å²) in [6, 6.07) is 16.6. The lowest BCUT2D eigenvalue weighted by atomic mass is 9.89. The maximum Gasteiger partial charge on any atom is 0.340 e. The van der Waals surface area contributed by atoms with Crippen LogP contribution in [0.2, 0.25) is 0 Å². The van der Waals surface area contributed by atoms with Crippen LogP contribution in [0.3, 0.4) is 0 Å². The Bertz CT molecular complexity index is 911. The van der Waals surface area contributed by atoms with E-state index in [9.17, 15) is 19.2 Å². The fraction of sp³-hybridized carbons (Fsp3) is 0.360. The smallest absolute Gasteiger partial charge is 0.340 e. The van der Waals surface area contributed by atoms with Gasteiger partial charge in [-0.1, -0.05) is 63.1 Å². The summed E-state index contributed by atoms with van der Waals surface area (Å²) < 4.78 is 20.0. The Morgan fingerprint density at radius 1 is 0.697 bits per heavy atom. The Kier molecular flexibility index (Phi) is 10.6. The highest BCUT2D eigenvalue weighted by Crippen LogP contribution is 2.22. The molecule has 0 fully saturated rings. The maximum absolute atomic E-state index is 12.6. The molecule has 0 aromatic heterocycles. The van der Waals surface area contributed by atoms with Crippen LogP contribution in [-0.2, 0) is 28.5 Å². The molecule has 0 amide bonds. The first-order chi connectivity index (χ1) is 15.9. The van der Waals surface area contributed by atoms with Gasteiger partial charge in [-0.15, -0.1) is 0 Å². The average molecular weight is 456 g/mol. The number of esters is 4. The van der Waals surface area contributed by atoms with Gasteiger partial charge in [0.2, 0.25) is 13.6 Å². The highest BCUT2D eigenvalue weighted by molar-refractivity contribution is 5.90.